The fourth-order valence-corrected chi connectivity index (χ4v) is 9.42. The first kappa shape index (κ1) is 13.7. The molecular weight excluding hydrogens is 265 g/mol. The van der Waals surface area contributed by atoms with E-state index < -0.39 is 0 Å². The Balaban J connectivity index is 2.02. The monoisotopic (exact) mass is 286 g/mol. The zero-order valence-corrected chi connectivity index (χ0v) is 13.1. The van der Waals surface area contributed by atoms with Crippen molar-refractivity contribution in [2.75, 3.05) is 0 Å². The van der Waals surface area contributed by atoms with Crippen LogP contribution in [0.25, 0.3) is 0 Å². The third kappa shape index (κ3) is 4.17. The molecule has 1 fully saturated rings. The lowest BCUT2D eigenvalue weighted by molar-refractivity contribution is 0.112. The fourth-order valence-electron chi connectivity index (χ4n) is 2.72. The predicted molar refractivity (Wildman–Crippen MR) is 80.7 cm³/mol. The molecule has 4 heteroatoms. The Morgan fingerprint density at radius 1 is 0.941 bits per heavy atom. The van der Waals surface area contributed by atoms with Crippen molar-refractivity contribution in [2.24, 2.45) is 0 Å². The molecule has 1 aromatic heterocycles. The molecule has 0 spiro atoms. The minimum Gasteiger partial charge on any atom is -0.297 e. The topological polar surface area (TPSA) is 17.1 Å². The summed E-state index contributed by atoms with van der Waals surface area (Å²) < 4.78 is 0. The van der Waals surface area contributed by atoms with Crippen molar-refractivity contribution in [2.45, 2.75) is 63.7 Å². The molecule has 0 aliphatic heterocycles. The molecule has 94 valence electrons. The van der Waals surface area contributed by atoms with Crippen LogP contribution in [0.15, 0.2) is 0 Å². The van der Waals surface area contributed by atoms with Crippen LogP contribution in [-0.2, 0) is 0 Å². The summed E-state index contributed by atoms with van der Waals surface area (Å²) in [6, 6.07) is 0. The molecule has 1 heterocycles. The maximum absolute atomic E-state index is 11.1. The van der Waals surface area contributed by atoms with Gasteiger partial charge in [0.2, 0.25) is 0 Å². The van der Waals surface area contributed by atoms with Gasteiger partial charge in [-0.15, -0.1) is 0 Å². The molecule has 1 atom stereocenters. The van der Waals surface area contributed by atoms with Gasteiger partial charge in [-0.2, -0.15) is 0 Å². The van der Waals surface area contributed by atoms with Gasteiger partial charge in [0.25, 0.3) is 0 Å². The highest BCUT2D eigenvalue weighted by atomic mass is 32.1. The van der Waals surface area contributed by atoms with Crippen LogP contribution in [0.2, 0.25) is 0 Å². The minimum atomic E-state index is 0.734. The smallest absolute Gasteiger partial charge is 0.155 e. The maximum atomic E-state index is 11.1. The molecule has 17 heavy (non-hydrogen) atoms. The van der Waals surface area contributed by atoms with Gasteiger partial charge in [0, 0.05) is 5.30 Å². The molecule has 0 aromatic carbocycles. The second kappa shape index (κ2) is 7.68. The zero-order chi connectivity index (χ0) is 11.9. The van der Waals surface area contributed by atoms with E-state index in [4.69, 9.17) is 0 Å². The first-order valence-corrected chi connectivity index (χ1v) is 11.2. The van der Waals surface area contributed by atoms with Gasteiger partial charge in [0.05, 0.1) is 5.30 Å². The molecular formula is C13H21OP3. The molecule has 0 amide bonds. The molecule has 1 nitrogen and oxygen atoms in total. The van der Waals surface area contributed by atoms with Crippen molar-refractivity contribution in [1.29, 1.82) is 0 Å². The van der Waals surface area contributed by atoms with Gasteiger partial charge in [-0.3, -0.25) is 4.79 Å². The van der Waals surface area contributed by atoms with E-state index in [0.717, 1.165) is 25.0 Å². The summed E-state index contributed by atoms with van der Waals surface area (Å²) in [5.41, 5.74) is 0. The van der Waals surface area contributed by atoms with Gasteiger partial charge in [-0.05, 0) is 34.5 Å². The van der Waals surface area contributed by atoms with Gasteiger partial charge < -0.3 is 0 Å². The van der Waals surface area contributed by atoms with E-state index in [9.17, 15) is 4.79 Å². The second-order valence-corrected chi connectivity index (χ2v) is 10.3. The van der Waals surface area contributed by atoms with E-state index in [1.165, 1.54) is 78.8 Å². The SMILES string of the molecule is O=Cc1p[pH]pc1C1CCCCCCCCC1. The Morgan fingerprint density at radius 3 is 2.12 bits per heavy atom. The second-order valence-electron chi connectivity index (χ2n) is 4.96. The normalized spacial score (nSPS) is 21.4. The molecule has 0 saturated heterocycles. The lowest BCUT2D eigenvalue weighted by Gasteiger charge is -2.18. The van der Waals surface area contributed by atoms with Crippen LogP contribution in [0.5, 0.6) is 0 Å². The van der Waals surface area contributed by atoms with Gasteiger partial charge in [0.15, 0.2) is 6.29 Å². The van der Waals surface area contributed by atoms with E-state index in [1.807, 2.05) is 0 Å². The number of aldehydes is 1. The van der Waals surface area contributed by atoms with Crippen LogP contribution in [0.1, 0.15) is 79.1 Å². The number of hydrogen-bond acceptors (Lipinski definition) is 1. The van der Waals surface area contributed by atoms with E-state index in [2.05, 4.69) is 0 Å². The summed E-state index contributed by atoms with van der Waals surface area (Å²) in [7, 11) is 3.71. The summed E-state index contributed by atoms with van der Waals surface area (Å²) in [4.78, 5) is 11.1. The van der Waals surface area contributed by atoms with Gasteiger partial charge >= 0.3 is 0 Å². The molecule has 0 N–H and O–H groups in total. The Hall–Kier alpha value is 0.310. The van der Waals surface area contributed by atoms with E-state index in [0.29, 0.717) is 0 Å². The van der Waals surface area contributed by atoms with E-state index >= 15 is 0 Å². The zero-order valence-electron chi connectivity index (χ0n) is 10.3. The third-order valence-electron chi connectivity index (χ3n) is 3.71. The summed E-state index contributed by atoms with van der Waals surface area (Å²) in [6.45, 7) is 0. The molecule has 0 bridgehead atoms. The number of carbonyl (C=O) groups excluding carboxylic acids is 1. The highest BCUT2D eigenvalue weighted by Crippen LogP contribution is 2.47. The highest BCUT2D eigenvalue weighted by Gasteiger charge is 2.17. The van der Waals surface area contributed by atoms with Gasteiger partial charge in [-0.25, -0.2) is 0 Å². The lowest BCUT2D eigenvalue weighted by atomic mass is 9.91. The van der Waals surface area contributed by atoms with Crippen LogP contribution < -0.4 is 0 Å². The molecule has 1 saturated carbocycles. The van der Waals surface area contributed by atoms with Gasteiger partial charge in [-0.1, -0.05) is 52.5 Å². The largest absolute Gasteiger partial charge is 0.297 e. The first-order valence-electron chi connectivity index (χ1n) is 6.77. The standard InChI is InChI=1S/C13H21OP3/c14-10-12-13(16-17-15-12)11-8-6-4-2-1-3-5-7-9-11/h10-11,17H,1-9H2. The summed E-state index contributed by atoms with van der Waals surface area (Å²) >= 11 is 0. The molecule has 1 unspecified atom stereocenters. The van der Waals surface area contributed by atoms with Crippen molar-refractivity contribution >= 4 is 29.6 Å². The third-order valence-corrected chi connectivity index (χ3v) is 9.36. The van der Waals surface area contributed by atoms with Crippen molar-refractivity contribution < 1.29 is 4.79 Å². The fraction of sp³-hybridized carbons (Fsp3) is 0.769. The summed E-state index contributed by atoms with van der Waals surface area (Å²) in [6.07, 6.45) is 13.6. The average molecular weight is 286 g/mol. The van der Waals surface area contributed by atoms with Crippen molar-refractivity contribution in [1.82, 2.24) is 0 Å². The Labute approximate surface area is 109 Å². The summed E-state index contributed by atoms with van der Waals surface area (Å²) in [5.74, 6) is 0.734. The van der Waals surface area contributed by atoms with Gasteiger partial charge in [0.1, 0.15) is 0 Å². The quantitative estimate of drug-likeness (QED) is 0.583. The molecule has 1 aromatic rings. The van der Waals surface area contributed by atoms with E-state index in [1.54, 1.807) is 0 Å². The van der Waals surface area contributed by atoms with Crippen LogP contribution in [-0.4, -0.2) is 6.29 Å². The van der Waals surface area contributed by atoms with Crippen molar-refractivity contribution in [3.8, 4) is 0 Å². The van der Waals surface area contributed by atoms with E-state index in [-0.39, 0.29) is 0 Å². The number of hydrogen-bond donors (Lipinski definition) is 0. The maximum Gasteiger partial charge on any atom is 0.155 e. The number of rotatable bonds is 2. The average Bonchev–Trinajstić information content (AvgIpc) is 2.84. The van der Waals surface area contributed by atoms with Crippen molar-refractivity contribution in [3.05, 3.63) is 10.6 Å². The van der Waals surface area contributed by atoms with Crippen LogP contribution in [0.3, 0.4) is 0 Å². The van der Waals surface area contributed by atoms with Crippen LogP contribution in [0.4, 0.5) is 0 Å². The lowest BCUT2D eigenvalue weighted by Crippen LogP contribution is -2.00. The molecule has 1 aliphatic carbocycles. The first-order chi connectivity index (χ1) is 8.42. The predicted octanol–water partition coefficient (Wildman–Crippen LogP) is 6.30. The Kier molecular flexibility index (Phi) is 6.21. The Bertz CT molecular complexity index is 338. The van der Waals surface area contributed by atoms with Crippen molar-refractivity contribution in [3.63, 3.8) is 0 Å². The molecule has 2 rings (SSSR count). The van der Waals surface area contributed by atoms with Crippen LogP contribution >= 0.6 is 23.3 Å². The minimum absolute atomic E-state index is 0.734. The molecule has 1 aliphatic rings. The van der Waals surface area contributed by atoms with Crippen LogP contribution in [0, 0.1) is 0 Å². The number of carbonyl (C=O) groups is 1. The Morgan fingerprint density at radius 2 is 1.53 bits per heavy atom. The highest BCUT2D eigenvalue weighted by molar-refractivity contribution is 8.17. The summed E-state index contributed by atoms with van der Waals surface area (Å²) in [5, 5.41) is 2.65. The molecule has 0 radical (unpaired) electrons.